The lowest BCUT2D eigenvalue weighted by atomic mass is 10.0. The zero-order valence-corrected chi connectivity index (χ0v) is 39.4. The van der Waals surface area contributed by atoms with Crippen molar-refractivity contribution in [2.24, 2.45) is 0 Å². The highest BCUT2D eigenvalue weighted by molar-refractivity contribution is 6.06. The third kappa shape index (κ3) is 8.07. The molecule has 0 N–H and O–H groups in total. The van der Waals surface area contributed by atoms with E-state index in [0.29, 0.717) is 0 Å². The van der Waals surface area contributed by atoms with E-state index in [9.17, 15) is 0 Å². The molecule has 0 aliphatic carbocycles. The number of fused-ring (bicyclic) bond motifs is 5. The van der Waals surface area contributed by atoms with Crippen LogP contribution < -0.4 is 14.7 Å². The zero-order valence-electron chi connectivity index (χ0n) is 39.4. The first kappa shape index (κ1) is 42.5. The molecule has 4 nitrogen and oxygen atoms in total. The quantitative estimate of drug-likeness (QED) is 0.129. The Labute approximate surface area is 419 Å². The zero-order chi connectivity index (χ0) is 47.8. The summed E-state index contributed by atoms with van der Waals surface area (Å²) >= 11 is 0. The predicted molar refractivity (Wildman–Crippen MR) is 304 cm³/mol. The number of hydrogen-bond donors (Lipinski definition) is 0. The molecule has 0 saturated carbocycles. The third-order valence-electron chi connectivity index (χ3n) is 13.7. The summed E-state index contributed by atoms with van der Waals surface area (Å²) in [4.78, 5) is 7.17. The highest BCUT2D eigenvalue weighted by Gasteiger charge is 2.23. The normalized spacial score (nSPS) is 11.3. The van der Waals surface area contributed by atoms with E-state index in [1.54, 1.807) is 0 Å². The van der Waals surface area contributed by atoms with Crippen LogP contribution in [0, 0.1) is 0 Å². The maximum absolute atomic E-state index is 6.22. The average Bonchev–Trinajstić information content (AvgIpc) is 3.83. The van der Waals surface area contributed by atoms with Crippen LogP contribution in [0.15, 0.2) is 290 Å². The van der Waals surface area contributed by atoms with Gasteiger partial charge in [0, 0.05) is 44.9 Å². The minimum Gasteiger partial charge on any atom is -0.456 e. The predicted octanol–water partition coefficient (Wildman–Crippen LogP) is 19.6. The third-order valence-corrected chi connectivity index (χ3v) is 13.7. The van der Waals surface area contributed by atoms with E-state index in [1.807, 2.05) is 12.1 Å². The summed E-state index contributed by atoms with van der Waals surface area (Å²) in [6, 6.07) is 102. The van der Waals surface area contributed by atoms with Crippen molar-refractivity contribution in [3.63, 3.8) is 0 Å². The van der Waals surface area contributed by atoms with Gasteiger partial charge in [0.25, 0.3) is 0 Å². The van der Waals surface area contributed by atoms with Gasteiger partial charge in [0.15, 0.2) is 0 Å². The van der Waals surface area contributed by atoms with Gasteiger partial charge >= 0.3 is 0 Å². The number of benzene rings is 12. The van der Waals surface area contributed by atoms with E-state index in [0.717, 1.165) is 89.8 Å². The Bertz CT molecular complexity index is 3900. The van der Waals surface area contributed by atoms with Crippen LogP contribution in [-0.4, -0.2) is 0 Å². The molecule has 1 aromatic heterocycles. The number of hydrogen-bond acceptors (Lipinski definition) is 4. The van der Waals surface area contributed by atoms with E-state index in [1.165, 1.54) is 27.1 Å². The molecule has 0 spiro atoms. The van der Waals surface area contributed by atoms with Gasteiger partial charge < -0.3 is 19.1 Å². The molecule has 0 amide bonds. The molecule has 1 heterocycles. The second-order valence-electron chi connectivity index (χ2n) is 18.2. The first-order valence-electron chi connectivity index (χ1n) is 24.5. The van der Waals surface area contributed by atoms with Crippen molar-refractivity contribution in [2.45, 2.75) is 0 Å². The fourth-order valence-electron chi connectivity index (χ4n) is 10.2. The summed E-state index contributed by atoms with van der Waals surface area (Å²) in [5, 5.41) is 6.97. The molecule has 0 aliphatic rings. The molecule has 0 radical (unpaired) electrons. The lowest BCUT2D eigenvalue weighted by Gasteiger charge is -2.33. The van der Waals surface area contributed by atoms with Gasteiger partial charge in [-0.25, -0.2) is 0 Å². The highest BCUT2D eigenvalue weighted by atomic mass is 16.3. The monoisotopic (exact) mass is 921 g/mol. The van der Waals surface area contributed by atoms with Crippen LogP contribution in [0.1, 0.15) is 0 Å². The van der Waals surface area contributed by atoms with Crippen LogP contribution in [0.4, 0.5) is 51.2 Å². The number of rotatable bonds is 11. The van der Waals surface area contributed by atoms with Crippen LogP contribution in [0.25, 0.3) is 65.7 Å². The lowest BCUT2D eigenvalue weighted by Crippen LogP contribution is -2.16. The standard InChI is InChI=1S/C68H47N3O/c1-4-16-48(17-5-1)51-28-35-58(36-29-51)69(59-37-30-52(31-38-59)55-34-41-68-66(44-55)65-26-14-15-27-67(65)72-68)62-45-63(70(56-22-6-2-7-23-56)60-39-32-49-18-10-12-20-53(49)42-60)47-64(46-62)71(57-24-8-3-9-25-57)61-40-33-50-19-11-13-21-54(50)43-61/h1-47H. The first-order valence-corrected chi connectivity index (χ1v) is 24.5. The smallest absolute Gasteiger partial charge is 0.135 e. The summed E-state index contributed by atoms with van der Waals surface area (Å²) in [5.74, 6) is 0. The van der Waals surface area contributed by atoms with Crippen LogP contribution in [0.2, 0.25) is 0 Å². The van der Waals surface area contributed by atoms with Gasteiger partial charge in [0.2, 0.25) is 0 Å². The number of nitrogens with zero attached hydrogens (tertiary/aromatic N) is 3. The van der Waals surface area contributed by atoms with Crippen molar-refractivity contribution in [1.29, 1.82) is 0 Å². The Kier molecular flexibility index (Phi) is 10.8. The molecule has 0 aliphatic heterocycles. The Balaban J connectivity index is 1.04. The minimum atomic E-state index is 0.888. The second-order valence-corrected chi connectivity index (χ2v) is 18.2. The Morgan fingerprint density at radius 1 is 0.194 bits per heavy atom. The van der Waals surface area contributed by atoms with Crippen LogP contribution in [0.5, 0.6) is 0 Å². The largest absolute Gasteiger partial charge is 0.456 e. The van der Waals surface area contributed by atoms with E-state index in [2.05, 4.69) is 288 Å². The van der Waals surface area contributed by atoms with Gasteiger partial charge in [-0.3, -0.25) is 0 Å². The molecule has 0 saturated heterocycles. The molecular formula is C68H47N3O. The number of anilines is 9. The fourth-order valence-corrected chi connectivity index (χ4v) is 10.2. The fraction of sp³-hybridized carbons (Fsp3) is 0. The van der Waals surface area contributed by atoms with Crippen molar-refractivity contribution >= 4 is 94.7 Å². The van der Waals surface area contributed by atoms with E-state index in [4.69, 9.17) is 4.42 Å². The lowest BCUT2D eigenvalue weighted by molar-refractivity contribution is 0.669. The topological polar surface area (TPSA) is 22.9 Å². The van der Waals surface area contributed by atoms with Crippen molar-refractivity contribution < 1.29 is 4.42 Å². The highest BCUT2D eigenvalue weighted by Crippen LogP contribution is 2.47. The summed E-state index contributed by atoms with van der Waals surface area (Å²) in [6.07, 6.45) is 0. The Morgan fingerprint density at radius 3 is 1.08 bits per heavy atom. The first-order chi connectivity index (χ1) is 35.7. The summed E-state index contributed by atoms with van der Waals surface area (Å²) in [6.45, 7) is 0. The van der Waals surface area contributed by atoms with Crippen molar-refractivity contribution in [3.8, 4) is 22.3 Å². The van der Waals surface area contributed by atoms with E-state index in [-0.39, 0.29) is 0 Å². The molecule has 13 aromatic rings. The number of furan rings is 1. The van der Waals surface area contributed by atoms with E-state index >= 15 is 0 Å². The molecule has 0 bridgehead atoms. The van der Waals surface area contributed by atoms with Gasteiger partial charge in [-0.15, -0.1) is 0 Å². The number of para-hydroxylation sites is 3. The molecule has 0 fully saturated rings. The molecule has 72 heavy (non-hydrogen) atoms. The van der Waals surface area contributed by atoms with Crippen LogP contribution in [0.3, 0.4) is 0 Å². The van der Waals surface area contributed by atoms with Crippen LogP contribution in [-0.2, 0) is 0 Å². The molecule has 0 unspecified atom stereocenters. The Morgan fingerprint density at radius 2 is 0.556 bits per heavy atom. The minimum absolute atomic E-state index is 0.888. The maximum atomic E-state index is 6.22. The molecular weight excluding hydrogens is 875 g/mol. The van der Waals surface area contributed by atoms with Crippen LogP contribution >= 0.6 is 0 Å². The van der Waals surface area contributed by atoms with Gasteiger partial charge in [0.05, 0.1) is 17.1 Å². The molecule has 340 valence electrons. The maximum Gasteiger partial charge on any atom is 0.135 e. The average molecular weight is 922 g/mol. The van der Waals surface area contributed by atoms with Crippen molar-refractivity contribution in [3.05, 3.63) is 285 Å². The summed E-state index contributed by atoms with van der Waals surface area (Å²) < 4.78 is 6.22. The van der Waals surface area contributed by atoms with Gasteiger partial charge in [-0.1, -0.05) is 176 Å². The SMILES string of the molecule is c1ccc(-c2ccc(N(c3ccc(-c4ccc5oc6ccccc6c5c4)cc3)c3cc(N(c4ccccc4)c4ccc5ccccc5c4)cc(N(c4ccccc4)c4ccc5ccccc5c4)c3)cc2)cc1. The van der Waals surface area contributed by atoms with Gasteiger partial charge in [-0.05, 0) is 153 Å². The molecule has 12 aromatic carbocycles. The van der Waals surface area contributed by atoms with E-state index < -0.39 is 0 Å². The van der Waals surface area contributed by atoms with Gasteiger partial charge in [-0.2, -0.15) is 0 Å². The molecule has 4 heteroatoms. The summed E-state index contributed by atoms with van der Waals surface area (Å²) in [7, 11) is 0. The van der Waals surface area contributed by atoms with Gasteiger partial charge in [0.1, 0.15) is 11.2 Å². The summed E-state index contributed by atoms with van der Waals surface area (Å²) in [5.41, 5.74) is 15.7. The molecule has 0 atom stereocenters. The Hall–Kier alpha value is -9.64. The molecule has 13 rings (SSSR count). The second kappa shape index (κ2) is 18.4. The van der Waals surface area contributed by atoms with Crippen molar-refractivity contribution in [2.75, 3.05) is 14.7 Å². The van der Waals surface area contributed by atoms with Crippen molar-refractivity contribution in [1.82, 2.24) is 0 Å².